The van der Waals surface area contributed by atoms with E-state index < -0.39 is 48.8 Å². The summed E-state index contributed by atoms with van der Waals surface area (Å²) in [6.07, 6.45) is 0.580. The highest BCUT2D eigenvalue weighted by molar-refractivity contribution is 5.62. The maximum Gasteiger partial charge on any atom is 0.329 e. The van der Waals surface area contributed by atoms with Crippen molar-refractivity contribution >= 4 is 11.3 Å². The molecule has 1 aromatic heterocycles. The number of H-pyrrole nitrogens is 1. The summed E-state index contributed by atoms with van der Waals surface area (Å²) in [5.74, 6) is -1.04. The minimum atomic E-state index is -1.63. The molecule has 2 fully saturated rings. The average molecular weight is 427 g/mol. The van der Waals surface area contributed by atoms with Gasteiger partial charge in [0.15, 0.2) is 6.17 Å². The minimum absolute atomic E-state index is 0.0303. The Labute approximate surface area is 171 Å². The van der Waals surface area contributed by atoms with Crippen molar-refractivity contribution in [3.8, 4) is 0 Å². The van der Waals surface area contributed by atoms with Crippen molar-refractivity contribution in [2.24, 2.45) is 23.3 Å². The molecule has 4 atom stereocenters. The maximum absolute atomic E-state index is 15.5. The predicted molar refractivity (Wildman–Crippen MR) is 107 cm³/mol. The van der Waals surface area contributed by atoms with Crippen LogP contribution < -0.4 is 33.3 Å². The zero-order chi connectivity index (χ0) is 21.7. The maximum atomic E-state index is 15.5. The number of nitrogens with zero attached hydrogens (tertiary/aromatic N) is 2. The largest absolute Gasteiger partial charge is 0.399 e. The monoisotopic (exact) mass is 427 g/mol. The van der Waals surface area contributed by atoms with E-state index in [1.54, 1.807) is 6.92 Å². The van der Waals surface area contributed by atoms with E-state index >= 15 is 4.39 Å². The number of hydrogen-bond donors (Lipinski definition) is 3. The number of likely N-dealkylation sites (tertiary alicyclic amines) is 1. The fourth-order valence-electron chi connectivity index (χ4n) is 5.03. The second-order valence-electron chi connectivity index (χ2n) is 8.76. The van der Waals surface area contributed by atoms with Gasteiger partial charge in [-0.25, -0.2) is 9.18 Å². The summed E-state index contributed by atoms with van der Waals surface area (Å²) < 4.78 is 43.1. The van der Waals surface area contributed by atoms with Gasteiger partial charge in [0.25, 0.3) is 5.56 Å². The first-order valence-corrected chi connectivity index (χ1v) is 10.4. The highest BCUT2D eigenvalue weighted by Gasteiger charge is 2.42. The Morgan fingerprint density at radius 1 is 1.20 bits per heavy atom. The third kappa shape index (κ3) is 3.30. The summed E-state index contributed by atoms with van der Waals surface area (Å²) in [5.41, 5.74) is 11.4. The molecule has 7 nitrogen and oxygen atoms in total. The van der Waals surface area contributed by atoms with Gasteiger partial charge in [-0.1, -0.05) is 0 Å². The number of hydrogen-bond acceptors (Lipinski definition) is 5. The van der Waals surface area contributed by atoms with Gasteiger partial charge in [0.1, 0.15) is 0 Å². The van der Waals surface area contributed by atoms with Crippen LogP contribution in [0, 0.1) is 11.8 Å². The molecule has 2 aliphatic carbocycles. The van der Waals surface area contributed by atoms with Crippen molar-refractivity contribution in [3.63, 3.8) is 0 Å². The Hall–Kier alpha value is -2.07. The van der Waals surface area contributed by atoms with Crippen LogP contribution in [0.5, 0.6) is 0 Å². The molecule has 0 radical (unpaired) electrons. The van der Waals surface area contributed by atoms with Gasteiger partial charge >= 0.3 is 5.69 Å². The Morgan fingerprint density at radius 2 is 1.87 bits per heavy atom. The molecule has 1 saturated heterocycles. The average Bonchev–Trinajstić information content (AvgIpc) is 3.43. The standard InChI is InChI=1S/C20H28F3N5O2/c1-9-17-13(19(29)26-20(30)28(17)12-2-3-12)16(25)14(23)18(9)27-5-4-10(8-27)15(24)11(6-21)7-22/h10-12,14-15,18H,2-8,24-25H2,1H3,(H,26,29,30). The SMILES string of the molecule is CC1=c2c(c(=O)[nH]c(=O)n2C2CC2)=C(N)C(F)C1N1CCC(C(N)C(CF)CF)C1. The van der Waals surface area contributed by atoms with E-state index in [0.29, 0.717) is 30.4 Å². The molecule has 4 rings (SSSR count). The van der Waals surface area contributed by atoms with Gasteiger partial charge in [-0.15, -0.1) is 0 Å². The summed E-state index contributed by atoms with van der Waals surface area (Å²) in [6.45, 7) is 0.919. The van der Waals surface area contributed by atoms with Crippen LogP contribution in [0.3, 0.4) is 0 Å². The van der Waals surface area contributed by atoms with E-state index in [1.165, 1.54) is 4.57 Å². The Balaban J connectivity index is 1.76. The van der Waals surface area contributed by atoms with Gasteiger partial charge in [-0.3, -0.25) is 28.0 Å². The smallest absolute Gasteiger partial charge is 0.329 e. The van der Waals surface area contributed by atoms with Crippen molar-refractivity contribution in [2.75, 3.05) is 26.4 Å². The highest BCUT2D eigenvalue weighted by atomic mass is 19.1. The quantitative estimate of drug-likeness (QED) is 0.541. The molecule has 1 aromatic rings. The number of halogens is 3. The van der Waals surface area contributed by atoms with Crippen LogP contribution in [0.15, 0.2) is 9.59 Å². The Bertz CT molecular complexity index is 1060. The van der Waals surface area contributed by atoms with Gasteiger partial charge in [-0.05, 0) is 44.2 Å². The lowest BCUT2D eigenvalue weighted by atomic mass is 9.89. The molecule has 0 amide bonds. The molecule has 10 heteroatoms. The number of nitrogens with one attached hydrogen (secondary N) is 1. The number of rotatable bonds is 6. The topological polar surface area (TPSA) is 110 Å². The van der Waals surface area contributed by atoms with Crippen molar-refractivity contribution in [2.45, 2.75) is 50.5 Å². The van der Waals surface area contributed by atoms with E-state index in [-0.39, 0.29) is 22.9 Å². The van der Waals surface area contributed by atoms with Gasteiger partial charge in [-0.2, -0.15) is 0 Å². The third-order valence-electron chi connectivity index (χ3n) is 6.87. The van der Waals surface area contributed by atoms with Crippen molar-refractivity contribution in [1.29, 1.82) is 0 Å². The zero-order valence-corrected chi connectivity index (χ0v) is 16.9. The molecular weight excluding hydrogens is 399 g/mol. The molecule has 4 unspecified atom stereocenters. The first kappa shape index (κ1) is 21.2. The predicted octanol–water partition coefficient (Wildman–Crippen LogP) is -0.966. The van der Waals surface area contributed by atoms with Crippen molar-refractivity contribution < 1.29 is 13.2 Å². The van der Waals surface area contributed by atoms with E-state index in [4.69, 9.17) is 11.5 Å². The van der Waals surface area contributed by atoms with Crippen LogP contribution in [0.25, 0.3) is 11.3 Å². The second kappa shape index (κ2) is 7.88. The van der Waals surface area contributed by atoms with E-state index in [9.17, 15) is 18.4 Å². The van der Waals surface area contributed by atoms with Gasteiger partial charge in [0.05, 0.1) is 35.7 Å². The molecule has 166 valence electrons. The fourth-order valence-corrected chi connectivity index (χ4v) is 5.03. The number of aromatic nitrogens is 2. The van der Waals surface area contributed by atoms with Gasteiger partial charge in [0.2, 0.25) is 0 Å². The number of alkyl halides is 3. The highest BCUT2D eigenvalue weighted by Crippen LogP contribution is 2.33. The van der Waals surface area contributed by atoms with Gasteiger partial charge < -0.3 is 11.5 Å². The number of aromatic amines is 1. The summed E-state index contributed by atoms with van der Waals surface area (Å²) in [4.78, 5) is 29.1. The van der Waals surface area contributed by atoms with Crippen LogP contribution in [0.1, 0.15) is 32.2 Å². The molecule has 0 aromatic carbocycles. The molecular formula is C20H28F3N5O2. The number of nitrogens with two attached hydrogens (primary N) is 2. The van der Waals surface area contributed by atoms with Crippen LogP contribution >= 0.6 is 0 Å². The normalized spacial score (nSPS) is 28.3. The molecule has 3 aliphatic rings. The zero-order valence-electron chi connectivity index (χ0n) is 16.9. The van der Waals surface area contributed by atoms with Crippen LogP contribution in [0.2, 0.25) is 0 Å². The Kier molecular flexibility index (Phi) is 5.56. The summed E-state index contributed by atoms with van der Waals surface area (Å²) in [6, 6.07) is -1.44. The first-order valence-electron chi connectivity index (χ1n) is 10.4. The summed E-state index contributed by atoms with van der Waals surface area (Å²) >= 11 is 0. The molecule has 1 saturated carbocycles. The first-order chi connectivity index (χ1) is 14.3. The molecule has 0 spiro atoms. The summed E-state index contributed by atoms with van der Waals surface area (Å²) in [5, 5.41) is 0.436. The van der Waals surface area contributed by atoms with E-state index in [2.05, 4.69) is 4.98 Å². The Morgan fingerprint density at radius 3 is 2.47 bits per heavy atom. The lowest BCUT2D eigenvalue weighted by molar-refractivity contribution is 0.178. The molecule has 0 bridgehead atoms. The molecule has 1 aliphatic heterocycles. The van der Waals surface area contributed by atoms with Crippen LogP contribution in [-0.2, 0) is 0 Å². The van der Waals surface area contributed by atoms with Crippen LogP contribution in [0.4, 0.5) is 13.2 Å². The number of fused-ring (bicyclic) bond motifs is 1. The minimum Gasteiger partial charge on any atom is -0.399 e. The van der Waals surface area contributed by atoms with E-state index in [0.717, 1.165) is 12.8 Å². The lowest BCUT2D eigenvalue weighted by Crippen LogP contribution is -2.62. The fraction of sp³-hybridized carbons (Fsp3) is 0.700. The van der Waals surface area contributed by atoms with Gasteiger partial charge in [0, 0.05) is 24.5 Å². The van der Waals surface area contributed by atoms with Crippen molar-refractivity contribution in [3.05, 3.63) is 31.4 Å². The van der Waals surface area contributed by atoms with E-state index in [1.807, 2.05) is 4.90 Å². The van der Waals surface area contributed by atoms with Crippen molar-refractivity contribution in [1.82, 2.24) is 14.5 Å². The molecule has 30 heavy (non-hydrogen) atoms. The summed E-state index contributed by atoms with van der Waals surface area (Å²) in [7, 11) is 0. The molecule has 5 N–H and O–H groups in total. The van der Waals surface area contributed by atoms with Crippen LogP contribution in [-0.4, -0.2) is 59.1 Å². The lowest BCUT2D eigenvalue weighted by Gasteiger charge is -2.35. The second-order valence-corrected chi connectivity index (χ2v) is 8.76. The molecule has 2 heterocycles. The third-order valence-corrected chi connectivity index (χ3v) is 6.87.